The van der Waals surface area contributed by atoms with Gasteiger partial charge in [0.25, 0.3) is 0 Å². The first-order chi connectivity index (χ1) is 24.3. The van der Waals surface area contributed by atoms with Gasteiger partial charge in [-0.2, -0.15) is 0 Å². The Morgan fingerprint density at radius 2 is 1.24 bits per heavy atom. The lowest BCUT2D eigenvalue weighted by molar-refractivity contribution is -0.220. The predicted molar refractivity (Wildman–Crippen MR) is 196 cm³/mol. The van der Waals surface area contributed by atoms with E-state index in [4.69, 9.17) is 9.05 Å². The van der Waals surface area contributed by atoms with Gasteiger partial charge >= 0.3 is 7.82 Å². The number of aliphatic hydroxyl groups excluding tert-OH is 7. The van der Waals surface area contributed by atoms with Crippen LogP contribution < -0.4 is 5.32 Å². The number of allylic oxidation sites excluding steroid dienone is 7. The quantitative estimate of drug-likeness (QED) is 0.0240. The summed E-state index contributed by atoms with van der Waals surface area (Å²) in [5, 5.41) is 73.8. The third kappa shape index (κ3) is 20.9. The van der Waals surface area contributed by atoms with Crippen molar-refractivity contribution in [2.24, 2.45) is 0 Å². The molecule has 1 aliphatic carbocycles. The van der Waals surface area contributed by atoms with Crippen LogP contribution in [0.25, 0.3) is 0 Å². The zero-order chi connectivity index (χ0) is 38.1. The highest BCUT2D eigenvalue weighted by atomic mass is 31.2. The van der Waals surface area contributed by atoms with Crippen LogP contribution in [0.15, 0.2) is 48.6 Å². The van der Waals surface area contributed by atoms with Gasteiger partial charge in [0, 0.05) is 0 Å². The highest BCUT2D eigenvalue weighted by molar-refractivity contribution is 7.47. The van der Waals surface area contributed by atoms with E-state index in [1.807, 2.05) is 6.08 Å². The largest absolute Gasteiger partial charge is 0.472 e. The standard InChI is InChI=1S/C37H66NO12P/c1-3-5-7-9-11-13-14-15-16-17-18-20-22-24-28(39)26-31(41)38-29(30(40)25-23-21-19-12-10-8-6-4-2)27-49-51(47,48)50-37-35(45)33(43)32(42)34(44)36(37)46/h10-15,23,25,28-30,32-37,39-40,42-46H,3-9,16-22,24,26-27H2,1-2H3,(H,38,41)(H,47,48)/b12-10+,13-11-,15-14-,25-23+. The Kier molecular flexibility index (Phi) is 25.8. The van der Waals surface area contributed by atoms with Gasteiger partial charge in [0.2, 0.25) is 5.91 Å². The normalized spacial score (nSPS) is 25.9. The average Bonchev–Trinajstić information content (AvgIpc) is 3.09. The first-order valence-corrected chi connectivity index (χ1v) is 20.2. The van der Waals surface area contributed by atoms with Crippen LogP contribution in [0.4, 0.5) is 0 Å². The van der Waals surface area contributed by atoms with Gasteiger partial charge in [-0.3, -0.25) is 13.8 Å². The molecular weight excluding hydrogens is 681 g/mol. The molecule has 296 valence electrons. The van der Waals surface area contributed by atoms with Crippen molar-refractivity contribution in [3.8, 4) is 0 Å². The maximum Gasteiger partial charge on any atom is 0.472 e. The maximum atomic E-state index is 12.8. The lowest BCUT2D eigenvalue weighted by atomic mass is 9.85. The SMILES string of the molecule is CCCC/C=C/CC/C=C/C(O)C(COP(=O)(O)OC1C(O)C(O)C(O)C(O)C1O)NC(=O)CC(O)CCCCCC/C=C\C=C/CCCCC. The molecule has 0 bridgehead atoms. The Balaban J connectivity index is 2.67. The Labute approximate surface area is 304 Å². The van der Waals surface area contributed by atoms with Crippen LogP contribution in [0.2, 0.25) is 0 Å². The van der Waals surface area contributed by atoms with Crippen molar-refractivity contribution in [2.45, 2.75) is 171 Å². The topological polar surface area (TPSA) is 226 Å². The predicted octanol–water partition coefficient (Wildman–Crippen LogP) is 4.02. The van der Waals surface area contributed by atoms with Crippen molar-refractivity contribution in [2.75, 3.05) is 6.61 Å². The number of unbranched alkanes of at least 4 members (excludes halogenated alkanes) is 10. The molecule has 1 saturated carbocycles. The van der Waals surface area contributed by atoms with E-state index in [0.29, 0.717) is 12.8 Å². The molecule has 9 N–H and O–H groups in total. The number of phosphoric ester groups is 1. The van der Waals surface area contributed by atoms with Gasteiger partial charge in [0.05, 0.1) is 31.3 Å². The minimum Gasteiger partial charge on any atom is -0.393 e. The molecule has 1 fully saturated rings. The number of phosphoric acid groups is 1. The van der Waals surface area contributed by atoms with Crippen molar-refractivity contribution in [1.82, 2.24) is 5.32 Å². The van der Waals surface area contributed by atoms with Crippen molar-refractivity contribution >= 4 is 13.7 Å². The van der Waals surface area contributed by atoms with E-state index in [1.165, 1.54) is 25.3 Å². The second kappa shape index (κ2) is 27.8. The van der Waals surface area contributed by atoms with E-state index in [0.717, 1.165) is 64.2 Å². The van der Waals surface area contributed by atoms with Gasteiger partial charge in [0.15, 0.2) is 0 Å². The number of carbonyl (C=O) groups is 1. The van der Waals surface area contributed by atoms with E-state index < -0.39 is 75.2 Å². The maximum absolute atomic E-state index is 12.8. The van der Waals surface area contributed by atoms with E-state index >= 15 is 0 Å². The molecule has 0 saturated heterocycles. The zero-order valence-corrected chi connectivity index (χ0v) is 31.4. The van der Waals surface area contributed by atoms with Crippen molar-refractivity contribution in [3.63, 3.8) is 0 Å². The summed E-state index contributed by atoms with van der Waals surface area (Å²) in [4.78, 5) is 23.2. The zero-order valence-electron chi connectivity index (χ0n) is 30.5. The van der Waals surface area contributed by atoms with Crippen molar-refractivity contribution < 1.29 is 59.0 Å². The Hall–Kier alpha value is -1.74. The summed E-state index contributed by atoms with van der Waals surface area (Å²) >= 11 is 0. The highest BCUT2D eigenvalue weighted by Crippen LogP contribution is 2.47. The Morgan fingerprint density at radius 3 is 1.86 bits per heavy atom. The van der Waals surface area contributed by atoms with Gasteiger partial charge in [0.1, 0.15) is 36.6 Å². The van der Waals surface area contributed by atoms with Crippen molar-refractivity contribution in [1.29, 1.82) is 0 Å². The molecule has 8 unspecified atom stereocenters. The second-order valence-corrected chi connectivity index (χ2v) is 14.7. The minimum absolute atomic E-state index is 0.269. The molecule has 1 amide bonds. The summed E-state index contributed by atoms with van der Waals surface area (Å²) in [7, 11) is -5.14. The van der Waals surface area contributed by atoms with Crippen LogP contribution in [0, 0.1) is 0 Å². The lowest BCUT2D eigenvalue weighted by Gasteiger charge is -2.41. The minimum atomic E-state index is -5.14. The molecule has 0 aromatic carbocycles. The first-order valence-electron chi connectivity index (χ1n) is 18.7. The smallest absolute Gasteiger partial charge is 0.393 e. The number of aliphatic hydroxyl groups is 7. The second-order valence-electron chi connectivity index (χ2n) is 13.3. The number of nitrogens with one attached hydrogen (secondary N) is 1. The number of hydrogen-bond donors (Lipinski definition) is 9. The third-order valence-corrected chi connectivity index (χ3v) is 9.65. The van der Waals surface area contributed by atoms with E-state index in [9.17, 15) is 50.0 Å². The number of rotatable bonds is 28. The van der Waals surface area contributed by atoms with Crippen LogP contribution >= 0.6 is 7.82 Å². The summed E-state index contributed by atoms with van der Waals surface area (Å²) in [5.41, 5.74) is 0. The number of carbonyl (C=O) groups excluding carboxylic acids is 1. The molecule has 1 aliphatic rings. The Morgan fingerprint density at radius 1 is 0.706 bits per heavy atom. The van der Waals surface area contributed by atoms with Gasteiger partial charge in [-0.25, -0.2) is 4.57 Å². The van der Waals surface area contributed by atoms with Crippen LogP contribution in [0.5, 0.6) is 0 Å². The molecule has 1 rings (SSSR count). The highest BCUT2D eigenvalue weighted by Gasteiger charge is 2.51. The van der Waals surface area contributed by atoms with Gasteiger partial charge in [-0.05, 0) is 51.4 Å². The summed E-state index contributed by atoms with van der Waals surface area (Å²) in [6.45, 7) is 3.54. The van der Waals surface area contributed by atoms with Crippen LogP contribution in [0.1, 0.15) is 117 Å². The van der Waals surface area contributed by atoms with Crippen LogP contribution in [0.3, 0.4) is 0 Å². The van der Waals surface area contributed by atoms with Crippen LogP contribution in [-0.4, -0.2) is 108 Å². The Bertz CT molecular complexity index is 1070. The molecule has 0 aromatic heterocycles. The third-order valence-electron chi connectivity index (χ3n) is 8.66. The summed E-state index contributed by atoms with van der Waals surface area (Å²) in [6, 6.07) is -1.26. The van der Waals surface area contributed by atoms with Gasteiger partial charge in [-0.1, -0.05) is 107 Å². The number of hydrogen-bond acceptors (Lipinski definition) is 11. The van der Waals surface area contributed by atoms with Gasteiger partial charge < -0.3 is 46.0 Å². The molecule has 0 aliphatic heterocycles. The van der Waals surface area contributed by atoms with Crippen molar-refractivity contribution in [3.05, 3.63) is 48.6 Å². The number of amides is 1. The molecule has 13 nitrogen and oxygen atoms in total. The first kappa shape index (κ1) is 47.3. The molecule has 8 atom stereocenters. The molecule has 0 spiro atoms. The fourth-order valence-corrected chi connectivity index (χ4v) is 6.43. The molecule has 0 aromatic rings. The summed E-state index contributed by atoms with van der Waals surface area (Å²) in [6.07, 6.45) is 15.4. The molecule has 14 heteroatoms. The summed E-state index contributed by atoms with van der Waals surface area (Å²) < 4.78 is 22.6. The van der Waals surface area contributed by atoms with E-state index in [-0.39, 0.29) is 6.42 Å². The van der Waals surface area contributed by atoms with Crippen LogP contribution in [-0.2, 0) is 18.4 Å². The molecule has 0 heterocycles. The van der Waals surface area contributed by atoms with E-state index in [1.54, 1.807) is 6.08 Å². The van der Waals surface area contributed by atoms with E-state index in [2.05, 4.69) is 49.5 Å². The fourth-order valence-electron chi connectivity index (χ4n) is 5.46. The van der Waals surface area contributed by atoms with Gasteiger partial charge in [-0.15, -0.1) is 0 Å². The molecular formula is C37H66NO12P. The monoisotopic (exact) mass is 747 g/mol. The molecule has 51 heavy (non-hydrogen) atoms. The fraction of sp³-hybridized carbons (Fsp3) is 0.757. The average molecular weight is 748 g/mol. The molecule has 0 radical (unpaired) electrons. The lowest BCUT2D eigenvalue weighted by Crippen LogP contribution is -2.64. The summed E-state index contributed by atoms with van der Waals surface area (Å²) in [5.74, 6) is -0.623.